The van der Waals surface area contributed by atoms with E-state index in [1.807, 2.05) is 83.7 Å². The average Bonchev–Trinajstić information content (AvgIpc) is 3.49. The third-order valence-corrected chi connectivity index (χ3v) is 5.94. The molecule has 0 bridgehead atoms. The minimum atomic E-state index is 0.668. The van der Waals surface area contributed by atoms with Crippen molar-refractivity contribution in [3.8, 4) is 33.3 Å². The molecule has 6 aromatic rings. The van der Waals surface area contributed by atoms with Gasteiger partial charge in [0.15, 0.2) is 0 Å². The Labute approximate surface area is 175 Å². The van der Waals surface area contributed by atoms with Gasteiger partial charge in [0, 0.05) is 17.3 Å². The van der Waals surface area contributed by atoms with Gasteiger partial charge >= 0.3 is 0 Å². The molecule has 4 aromatic heterocycles. The van der Waals surface area contributed by atoms with Crippen LogP contribution >= 0.6 is 11.3 Å². The number of hydrogen-bond donors (Lipinski definition) is 0. The zero-order valence-electron chi connectivity index (χ0n) is 15.7. The van der Waals surface area contributed by atoms with Crippen molar-refractivity contribution in [3.05, 3.63) is 91.6 Å². The minimum Gasteiger partial charge on any atom is -0.457 e. The molecular formula is C24H15N3O2S. The van der Waals surface area contributed by atoms with E-state index in [1.165, 1.54) is 0 Å². The molecule has 0 saturated heterocycles. The van der Waals surface area contributed by atoms with E-state index in [4.69, 9.17) is 9.15 Å². The van der Waals surface area contributed by atoms with Gasteiger partial charge in [-0.3, -0.25) is 0 Å². The van der Waals surface area contributed by atoms with Crippen LogP contribution in [-0.2, 0) is 0 Å². The fourth-order valence-electron chi connectivity index (χ4n) is 3.49. The SMILES string of the molecule is c1cc(Oc2cccc(-c3ncn4ccccc34)c2)cc(-c2nc3occc3s2)c1. The summed E-state index contributed by atoms with van der Waals surface area (Å²) in [5.74, 6) is 1.51. The van der Waals surface area contributed by atoms with Crippen molar-refractivity contribution < 1.29 is 9.15 Å². The normalized spacial score (nSPS) is 11.3. The van der Waals surface area contributed by atoms with E-state index in [2.05, 4.69) is 16.0 Å². The lowest BCUT2D eigenvalue weighted by molar-refractivity contribution is 0.483. The van der Waals surface area contributed by atoms with Gasteiger partial charge in [0.25, 0.3) is 0 Å². The molecule has 0 aliphatic heterocycles. The Morgan fingerprint density at radius 1 is 0.867 bits per heavy atom. The molecule has 4 heterocycles. The van der Waals surface area contributed by atoms with Crippen LogP contribution in [0.5, 0.6) is 11.5 Å². The van der Waals surface area contributed by atoms with Gasteiger partial charge in [-0.2, -0.15) is 0 Å². The lowest BCUT2D eigenvalue weighted by atomic mass is 10.1. The Bertz CT molecular complexity index is 1470. The molecule has 0 aliphatic carbocycles. The van der Waals surface area contributed by atoms with Gasteiger partial charge in [0.05, 0.1) is 28.5 Å². The summed E-state index contributed by atoms with van der Waals surface area (Å²) in [4.78, 5) is 9.13. The van der Waals surface area contributed by atoms with E-state index in [1.54, 1.807) is 17.6 Å². The fraction of sp³-hybridized carbons (Fsp3) is 0. The van der Waals surface area contributed by atoms with E-state index < -0.39 is 0 Å². The third kappa shape index (κ3) is 2.94. The van der Waals surface area contributed by atoms with Crippen molar-refractivity contribution in [1.82, 2.24) is 14.4 Å². The predicted molar refractivity (Wildman–Crippen MR) is 118 cm³/mol. The standard InChI is InChI=1S/C24H15N3O2S/c1-2-11-27-15-25-22(20(27)9-1)16-5-3-7-18(13-16)29-19-8-4-6-17(14-19)24-26-23-21(30-24)10-12-28-23/h1-15H. The number of aromatic nitrogens is 3. The van der Waals surface area contributed by atoms with Crippen LogP contribution in [0.2, 0.25) is 0 Å². The van der Waals surface area contributed by atoms with Crippen LogP contribution in [0.15, 0.2) is 96.0 Å². The van der Waals surface area contributed by atoms with Crippen molar-refractivity contribution in [1.29, 1.82) is 0 Å². The quantitative estimate of drug-likeness (QED) is 0.326. The highest BCUT2D eigenvalue weighted by molar-refractivity contribution is 7.21. The van der Waals surface area contributed by atoms with Gasteiger partial charge in [0.2, 0.25) is 5.71 Å². The summed E-state index contributed by atoms with van der Waals surface area (Å²) in [6.45, 7) is 0. The van der Waals surface area contributed by atoms with E-state index in [9.17, 15) is 0 Å². The Kier molecular flexibility index (Phi) is 3.89. The first kappa shape index (κ1) is 17.0. The summed E-state index contributed by atoms with van der Waals surface area (Å²) in [5, 5.41) is 0.910. The second-order valence-corrected chi connectivity index (χ2v) is 7.88. The maximum atomic E-state index is 6.17. The molecule has 0 N–H and O–H groups in total. The van der Waals surface area contributed by atoms with Crippen molar-refractivity contribution >= 4 is 27.3 Å². The molecule has 0 radical (unpaired) electrons. The Morgan fingerprint density at radius 2 is 1.70 bits per heavy atom. The van der Waals surface area contributed by atoms with Crippen LogP contribution in [0.3, 0.4) is 0 Å². The van der Waals surface area contributed by atoms with Crippen molar-refractivity contribution in [2.24, 2.45) is 0 Å². The van der Waals surface area contributed by atoms with Crippen LogP contribution in [0, 0.1) is 0 Å². The molecular weight excluding hydrogens is 394 g/mol. The molecule has 0 aliphatic rings. The molecule has 0 unspecified atom stereocenters. The summed E-state index contributed by atoms with van der Waals surface area (Å²) in [6.07, 6.45) is 5.48. The highest BCUT2D eigenvalue weighted by Gasteiger charge is 2.11. The fourth-order valence-corrected chi connectivity index (χ4v) is 4.38. The summed E-state index contributed by atoms with van der Waals surface area (Å²) >= 11 is 1.60. The maximum absolute atomic E-state index is 6.17. The number of imidazole rings is 1. The van der Waals surface area contributed by atoms with Gasteiger partial charge in [-0.05, 0) is 42.5 Å². The van der Waals surface area contributed by atoms with Crippen molar-refractivity contribution in [2.75, 3.05) is 0 Å². The first-order valence-corrected chi connectivity index (χ1v) is 10.3. The smallest absolute Gasteiger partial charge is 0.237 e. The van der Waals surface area contributed by atoms with Gasteiger partial charge in [-0.1, -0.05) is 30.3 Å². The van der Waals surface area contributed by atoms with Gasteiger partial charge in [0.1, 0.15) is 16.5 Å². The summed E-state index contributed by atoms with van der Waals surface area (Å²) in [5.41, 5.74) is 4.67. The topological polar surface area (TPSA) is 52.6 Å². The number of ether oxygens (including phenoxy) is 1. The van der Waals surface area contributed by atoms with Crippen molar-refractivity contribution in [3.63, 3.8) is 0 Å². The zero-order valence-corrected chi connectivity index (χ0v) is 16.5. The van der Waals surface area contributed by atoms with E-state index in [-0.39, 0.29) is 0 Å². The van der Waals surface area contributed by atoms with Crippen molar-refractivity contribution in [2.45, 2.75) is 0 Å². The number of fused-ring (bicyclic) bond motifs is 2. The van der Waals surface area contributed by atoms with Crippen LogP contribution in [0.25, 0.3) is 37.8 Å². The zero-order chi connectivity index (χ0) is 19.9. The molecule has 0 saturated carbocycles. The largest absolute Gasteiger partial charge is 0.457 e. The van der Waals surface area contributed by atoms with E-state index in [0.717, 1.165) is 43.5 Å². The number of rotatable bonds is 4. The highest BCUT2D eigenvalue weighted by atomic mass is 32.1. The van der Waals surface area contributed by atoms with E-state index >= 15 is 0 Å². The Morgan fingerprint density at radius 3 is 2.57 bits per heavy atom. The summed E-state index contributed by atoms with van der Waals surface area (Å²) in [6, 6.07) is 23.9. The number of furan rings is 1. The van der Waals surface area contributed by atoms with E-state index in [0.29, 0.717) is 5.71 Å². The molecule has 2 aromatic carbocycles. The second kappa shape index (κ2) is 6.86. The average molecular weight is 409 g/mol. The molecule has 144 valence electrons. The monoisotopic (exact) mass is 409 g/mol. The lowest BCUT2D eigenvalue weighted by Crippen LogP contribution is -1.87. The maximum Gasteiger partial charge on any atom is 0.237 e. The number of thiazole rings is 1. The third-order valence-electron chi connectivity index (χ3n) is 4.89. The Balaban J connectivity index is 1.32. The lowest BCUT2D eigenvalue weighted by Gasteiger charge is -2.08. The molecule has 30 heavy (non-hydrogen) atoms. The number of pyridine rings is 1. The molecule has 5 nitrogen and oxygen atoms in total. The minimum absolute atomic E-state index is 0.668. The first-order chi connectivity index (χ1) is 14.8. The number of hydrogen-bond acceptors (Lipinski definition) is 5. The predicted octanol–water partition coefficient (Wildman–Crippen LogP) is 6.66. The second-order valence-electron chi connectivity index (χ2n) is 6.85. The van der Waals surface area contributed by atoms with Gasteiger partial charge in [-0.15, -0.1) is 11.3 Å². The molecule has 0 fully saturated rings. The highest BCUT2D eigenvalue weighted by Crippen LogP contribution is 2.34. The summed E-state index contributed by atoms with van der Waals surface area (Å²) in [7, 11) is 0. The molecule has 0 atom stereocenters. The molecule has 6 heteroatoms. The van der Waals surface area contributed by atoms with Gasteiger partial charge < -0.3 is 13.6 Å². The van der Waals surface area contributed by atoms with Crippen LogP contribution in [0.1, 0.15) is 0 Å². The van der Waals surface area contributed by atoms with Crippen LogP contribution in [0.4, 0.5) is 0 Å². The molecule has 0 amide bonds. The van der Waals surface area contributed by atoms with Crippen LogP contribution in [-0.4, -0.2) is 14.4 Å². The summed E-state index contributed by atoms with van der Waals surface area (Å²) < 4.78 is 14.6. The number of nitrogens with zero attached hydrogens (tertiary/aromatic N) is 3. The number of benzene rings is 2. The molecule has 6 rings (SSSR count). The van der Waals surface area contributed by atoms with Crippen LogP contribution < -0.4 is 4.74 Å². The molecule has 0 spiro atoms. The van der Waals surface area contributed by atoms with Gasteiger partial charge in [-0.25, -0.2) is 9.97 Å². The Hall–Kier alpha value is -3.90. The first-order valence-electron chi connectivity index (χ1n) is 9.48.